The van der Waals surface area contributed by atoms with Gasteiger partial charge in [-0.1, -0.05) is 5.16 Å². The zero-order chi connectivity index (χ0) is 11.4. The normalized spacial score (nSPS) is 11.6. The van der Waals surface area contributed by atoms with E-state index in [1.165, 1.54) is 4.90 Å². The van der Waals surface area contributed by atoms with Gasteiger partial charge in [-0.05, 0) is 37.8 Å². The third kappa shape index (κ3) is 2.45. The number of nitrogens with two attached hydrogens (primary N) is 1. The minimum atomic E-state index is 0.786. The highest BCUT2D eigenvalue weighted by Crippen LogP contribution is 2.27. The molecule has 1 aromatic rings. The summed E-state index contributed by atoms with van der Waals surface area (Å²) in [5, 5.41) is 3.95. The third-order valence-corrected chi connectivity index (χ3v) is 3.06. The van der Waals surface area contributed by atoms with E-state index in [0.29, 0.717) is 0 Å². The zero-order valence-corrected chi connectivity index (χ0v) is 10.3. The lowest BCUT2D eigenvalue weighted by Crippen LogP contribution is -2.04. The Morgan fingerprint density at radius 1 is 1.47 bits per heavy atom. The number of hydrogen-bond donors (Lipinski definition) is 1. The Hall–Kier alpha value is -1.16. The fourth-order valence-electron chi connectivity index (χ4n) is 1.51. The number of nitrogens with zero attached hydrogens (tertiary/aromatic N) is 1. The number of anilines is 1. The smallest absolute Gasteiger partial charge is 0.106 e. The van der Waals surface area contributed by atoms with Crippen molar-refractivity contribution >= 4 is 23.2 Å². The number of nitrogen functional groups attached to an aromatic ring is 1. The molecule has 4 heteroatoms. The predicted molar refractivity (Wildman–Crippen MR) is 66.6 cm³/mol. The molecule has 0 spiro atoms. The summed E-state index contributed by atoms with van der Waals surface area (Å²) in [5.74, 6) is 0. The van der Waals surface area contributed by atoms with E-state index >= 15 is 0 Å². The molecule has 0 aromatic heterocycles. The molecule has 0 saturated heterocycles. The maximum absolute atomic E-state index is 5.87. The van der Waals surface area contributed by atoms with Crippen molar-refractivity contribution in [3.63, 3.8) is 0 Å². The van der Waals surface area contributed by atoms with Crippen LogP contribution in [0, 0.1) is 6.92 Å². The first kappa shape index (κ1) is 11.9. The fraction of sp³-hybridized carbons (Fsp3) is 0.364. The van der Waals surface area contributed by atoms with Gasteiger partial charge in [0.15, 0.2) is 0 Å². The lowest BCUT2D eigenvalue weighted by Gasteiger charge is -2.12. The van der Waals surface area contributed by atoms with Crippen LogP contribution in [0.4, 0.5) is 5.69 Å². The van der Waals surface area contributed by atoms with Crippen LogP contribution in [0.15, 0.2) is 22.2 Å². The molecule has 0 aliphatic heterocycles. The van der Waals surface area contributed by atoms with Crippen molar-refractivity contribution in [2.45, 2.75) is 18.7 Å². The predicted octanol–water partition coefficient (Wildman–Crippen LogP) is 2.67. The van der Waals surface area contributed by atoms with Crippen LogP contribution < -0.4 is 5.73 Å². The highest BCUT2D eigenvalue weighted by molar-refractivity contribution is 7.98. The van der Waals surface area contributed by atoms with Gasteiger partial charge in [-0.15, -0.1) is 11.8 Å². The van der Waals surface area contributed by atoms with Crippen LogP contribution in [0.2, 0.25) is 0 Å². The highest BCUT2D eigenvalue weighted by atomic mass is 32.2. The molecular formula is C11H16N2OS. The van der Waals surface area contributed by atoms with Crippen molar-refractivity contribution in [2.24, 2.45) is 5.16 Å². The van der Waals surface area contributed by atoms with Crippen LogP contribution in [0.5, 0.6) is 0 Å². The molecule has 0 fully saturated rings. The second-order valence-electron chi connectivity index (χ2n) is 3.22. The number of rotatable bonds is 3. The van der Waals surface area contributed by atoms with E-state index in [2.05, 4.69) is 5.16 Å². The van der Waals surface area contributed by atoms with Crippen molar-refractivity contribution in [1.29, 1.82) is 0 Å². The summed E-state index contributed by atoms with van der Waals surface area (Å²) >= 11 is 1.68. The molecular weight excluding hydrogens is 208 g/mol. The molecule has 1 rings (SSSR count). The first-order valence-corrected chi connectivity index (χ1v) is 5.85. The second-order valence-corrected chi connectivity index (χ2v) is 4.06. The summed E-state index contributed by atoms with van der Waals surface area (Å²) in [6.07, 6.45) is 2.04. The lowest BCUT2D eigenvalue weighted by atomic mass is 10.0. The zero-order valence-electron chi connectivity index (χ0n) is 9.50. The first-order valence-electron chi connectivity index (χ1n) is 4.63. The maximum atomic E-state index is 5.87. The van der Waals surface area contributed by atoms with Crippen molar-refractivity contribution in [3.05, 3.63) is 23.3 Å². The van der Waals surface area contributed by atoms with E-state index in [0.717, 1.165) is 22.5 Å². The van der Waals surface area contributed by atoms with Crippen molar-refractivity contribution < 1.29 is 4.84 Å². The van der Waals surface area contributed by atoms with Gasteiger partial charge in [-0.3, -0.25) is 0 Å². The molecule has 0 unspecified atom stereocenters. The van der Waals surface area contributed by atoms with Gasteiger partial charge in [-0.25, -0.2) is 0 Å². The van der Waals surface area contributed by atoms with E-state index in [4.69, 9.17) is 10.6 Å². The molecule has 0 bridgehead atoms. The topological polar surface area (TPSA) is 47.6 Å². The van der Waals surface area contributed by atoms with Crippen LogP contribution in [-0.4, -0.2) is 19.1 Å². The van der Waals surface area contributed by atoms with E-state index < -0.39 is 0 Å². The standard InChI is InChI=1S/C11H16N2OS/c1-7-9(12)5-6-10(15-4)11(7)8(2)13-14-3/h5-6H,12H2,1-4H3/b13-8+. The average Bonchev–Trinajstić information content (AvgIpc) is 2.22. The molecule has 3 nitrogen and oxygen atoms in total. The number of hydrogen-bond acceptors (Lipinski definition) is 4. The summed E-state index contributed by atoms with van der Waals surface area (Å²) in [5.41, 5.74) is 9.64. The van der Waals surface area contributed by atoms with E-state index in [1.807, 2.05) is 32.2 Å². The first-order chi connectivity index (χ1) is 7.11. The summed E-state index contributed by atoms with van der Waals surface area (Å²) in [6, 6.07) is 3.93. The summed E-state index contributed by atoms with van der Waals surface area (Å²) in [7, 11) is 1.55. The van der Waals surface area contributed by atoms with Crippen LogP contribution in [0.25, 0.3) is 0 Å². The van der Waals surface area contributed by atoms with Gasteiger partial charge in [0.05, 0.1) is 5.71 Å². The molecule has 0 aliphatic carbocycles. The van der Waals surface area contributed by atoms with Gasteiger partial charge in [-0.2, -0.15) is 0 Å². The van der Waals surface area contributed by atoms with Crippen molar-refractivity contribution in [3.8, 4) is 0 Å². The van der Waals surface area contributed by atoms with E-state index in [-0.39, 0.29) is 0 Å². The van der Waals surface area contributed by atoms with E-state index in [1.54, 1.807) is 18.9 Å². The van der Waals surface area contributed by atoms with Gasteiger partial charge in [0.2, 0.25) is 0 Å². The molecule has 0 atom stereocenters. The Labute approximate surface area is 94.7 Å². The van der Waals surface area contributed by atoms with Crippen LogP contribution >= 0.6 is 11.8 Å². The fourth-order valence-corrected chi connectivity index (χ4v) is 2.21. The Morgan fingerprint density at radius 3 is 2.67 bits per heavy atom. The number of oxime groups is 1. The largest absolute Gasteiger partial charge is 0.399 e. The monoisotopic (exact) mass is 224 g/mol. The van der Waals surface area contributed by atoms with Gasteiger partial charge >= 0.3 is 0 Å². The van der Waals surface area contributed by atoms with Crippen molar-refractivity contribution in [2.75, 3.05) is 19.1 Å². The van der Waals surface area contributed by atoms with Crippen LogP contribution in [-0.2, 0) is 4.84 Å². The SMILES string of the molecule is CO/N=C(\C)c1c(SC)ccc(N)c1C. The molecule has 0 aliphatic rings. The molecule has 2 N–H and O–H groups in total. The Morgan fingerprint density at radius 2 is 2.13 bits per heavy atom. The maximum Gasteiger partial charge on any atom is 0.106 e. The van der Waals surface area contributed by atoms with Gasteiger partial charge in [0.25, 0.3) is 0 Å². The summed E-state index contributed by atoms with van der Waals surface area (Å²) in [6.45, 7) is 3.92. The summed E-state index contributed by atoms with van der Waals surface area (Å²) < 4.78 is 0. The second kappa shape index (κ2) is 5.07. The molecule has 0 saturated carbocycles. The van der Waals surface area contributed by atoms with Crippen molar-refractivity contribution in [1.82, 2.24) is 0 Å². The minimum absolute atomic E-state index is 0.786. The van der Waals surface area contributed by atoms with Crippen LogP contribution in [0.1, 0.15) is 18.1 Å². The third-order valence-electron chi connectivity index (χ3n) is 2.28. The molecule has 0 radical (unpaired) electrons. The van der Waals surface area contributed by atoms with Gasteiger partial charge < -0.3 is 10.6 Å². The lowest BCUT2D eigenvalue weighted by molar-refractivity contribution is 0.213. The Balaban J connectivity index is 3.36. The molecule has 82 valence electrons. The van der Waals surface area contributed by atoms with E-state index in [9.17, 15) is 0 Å². The Bertz CT molecular complexity index is 388. The number of thioether (sulfide) groups is 1. The molecule has 1 aromatic carbocycles. The average molecular weight is 224 g/mol. The Kier molecular flexibility index (Phi) is 4.03. The van der Waals surface area contributed by atoms with Crippen LogP contribution in [0.3, 0.4) is 0 Å². The molecule has 0 heterocycles. The van der Waals surface area contributed by atoms with Gasteiger partial charge in [0, 0.05) is 16.1 Å². The molecule has 0 amide bonds. The minimum Gasteiger partial charge on any atom is -0.399 e. The number of benzene rings is 1. The molecule has 15 heavy (non-hydrogen) atoms. The quantitative estimate of drug-likeness (QED) is 0.371. The van der Waals surface area contributed by atoms with Gasteiger partial charge in [0.1, 0.15) is 7.11 Å². The highest BCUT2D eigenvalue weighted by Gasteiger charge is 2.11. The summed E-state index contributed by atoms with van der Waals surface area (Å²) in [4.78, 5) is 5.96.